The maximum Gasteiger partial charge on any atom is 0.334 e. The average molecular weight is 355 g/mol. The lowest BCUT2D eigenvalue weighted by Gasteiger charge is -2.23. The molecule has 0 saturated heterocycles. The van der Waals surface area contributed by atoms with E-state index in [1.54, 1.807) is 0 Å². The molecule has 0 fully saturated rings. The Kier molecular flexibility index (Phi) is 11.5. The lowest BCUT2D eigenvalue weighted by Crippen LogP contribution is -2.22. The van der Waals surface area contributed by atoms with Gasteiger partial charge < -0.3 is 9.47 Å². The van der Waals surface area contributed by atoms with Gasteiger partial charge in [0.2, 0.25) is 0 Å². The zero-order valence-corrected chi connectivity index (χ0v) is 17.4. The van der Waals surface area contributed by atoms with Crippen molar-refractivity contribution in [2.75, 3.05) is 13.2 Å². The smallest absolute Gasteiger partial charge is 0.334 e. The minimum Gasteiger partial charge on any atom is -0.462 e. The molecule has 0 aliphatic heterocycles. The fraction of sp³-hybridized carbons (Fsp3) is 0.810. The summed E-state index contributed by atoms with van der Waals surface area (Å²) in [6.45, 7) is 15.1. The molecule has 0 amide bonds. The monoisotopic (exact) mass is 354 g/mol. The largest absolute Gasteiger partial charge is 0.462 e. The normalized spacial score (nSPS) is 12.8. The van der Waals surface area contributed by atoms with Gasteiger partial charge in [0.15, 0.2) is 0 Å². The Hall–Kier alpha value is -1.32. The molecule has 0 aliphatic carbocycles. The molecule has 146 valence electrons. The first-order valence-electron chi connectivity index (χ1n) is 9.68. The van der Waals surface area contributed by atoms with Crippen molar-refractivity contribution in [3.63, 3.8) is 0 Å². The van der Waals surface area contributed by atoms with Gasteiger partial charge in [-0.25, -0.2) is 9.59 Å². The van der Waals surface area contributed by atoms with Crippen LogP contribution in [0.3, 0.4) is 0 Å². The van der Waals surface area contributed by atoms with Crippen molar-refractivity contribution in [1.82, 2.24) is 0 Å². The molecular weight excluding hydrogens is 316 g/mol. The van der Waals surface area contributed by atoms with E-state index in [4.69, 9.17) is 9.47 Å². The SMILES string of the molecule is CCCCOC(=O)C(CC(C)C)=C(CC(C)(C)C)C(=O)OCCCC. The van der Waals surface area contributed by atoms with Crippen molar-refractivity contribution in [3.05, 3.63) is 11.1 Å². The van der Waals surface area contributed by atoms with Crippen LogP contribution >= 0.6 is 0 Å². The molecule has 0 unspecified atom stereocenters. The number of carbonyl (C=O) groups is 2. The van der Waals surface area contributed by atoms with E-state index >= 15 is 0 Å². The molecular formula is C21H38O4. The lowest BCUT2D eigenvalue weighted by molar-refractivity contribution is -0.143. The third-order valence-electron chi connectivity index (χ3n) is 3.64. The highest BCUT2D eigenvalue weighted by molar-refractivity contribution is 6.00. The zero-order chi connectivity index (χ0) is 19.5. The Morgan fingerprint density at radius 1 is 0.840 bits per heavy atom. The third-order valence-corrected chi connectivity index (χ3v) is 3.64. The molecule has 0 N–H and O–H groups in total. The number of carbonyl (C=O) groups excluding carboxylic acids is 2. The molecule has 4 nitrogen and oxygen atoms in total. The van der Waals surface area contributed by atoms with E-state index in [1.807, 2.05) is 13.8 Å². The standard InChI is InChI=1S/C21H38O4/c1-8-10-12-24-19(22)17(14-16(3)4)18(15-21(5,6)7)20(23)25-13-11-9-2/h16H,8-15H2,1-7H3. The van der Waals surface area contributed by atoms with Gasteiger partial charge >= 0.3 is 11.9 Å². The van der Waals surface area contributed by atoms with Crippen molar-refractivity contribution in [3.8, 4) is 0 Å². The first-order chi connectivity index (χ1) is 11.6. The summed E-state index contributed by atoms with van der Waals surface area (Å²) >= 11 is 0. The minimum absolute atomic E-state index is 0.120. The Bertz CT molecular complexity index is 441. The van der Waals surface area contributed by atoms with E-state index in [2.05, 4.69) is 34.6 Å². The quantitative estimate of drug-likeness (QED) is 0.281. The number of rotatable bonds is 11. The number of unbranched alkanes of at least 4 members (excludes halogenated alkanes) is 2. The molecule has 0 radical (unpaired) electrons. The van der Waals surface area contributed by atoms with Gasteiger partial charge in [0, 0.05) is 11.1 Å². The summed E-state index contributed by atoms with van der Waals surface area (Å²) in [7, 11) is 0. The van der Waals surface area contributed by atoms with E-state index in [9.17, 15) is 9.59 Å². The number of ether oxygens (including phenoxy) is 2. The number of hydrogen-bond acceptors (Lipinski definition) is 4. The Morgan fingerprint density at radius 2 is 1.28 bits per heavy atom. The molecule has 0 heterocycles. The number of hydrogen-bond donors (Lipinski definition) is 0. The van der Waals surface area contributed by atoms with E-state index < -0.39 is 0 Å². The van der Waals surface area contributed by atoms with Gasteiger partial charge in [0.1, 0.15) is 0 Å². The summed E-state index contributed by atoms with van der Waals surface area (Å²) in [6.07, 6.45) is 4.61. The van der Waals surface area contributed by atoms with Crippen LogP contribution in [0.25, 0.3) is 0 Å². The molecule has 0 aromatic heterocycles. The fourth-order valence-corrected chi connectivity index (χ4v) is 2.36. The van der Waals surface area contributed by atoms with Crippen LogP contribution in [0.1, 0.15) is 87.0 Å². The van der Waals surface area contributed by atoms with Crippen LogP contribution in [0.15, 0.2) is 11.1 Å². The number of esters is 2. The molecule has 0 rings (SSSR count). The molecule has 0 aromatic rings. The van der Waals surface area contributed by atoms with Crippen LogP contribution in [0.2, 0.25) is 0 Å². The summed E-state index contributed by atoms with van der Waals surface area (Å²) in [5, 5.41) is 0. The van der Waals surface area contributed by atoms with Crippen molar-refractivity contribution in [1.29, 1.82) is 0 Å². The predicted molar refractivity (Wildman–Crippen MR) is 102 cm³/mol. The van der Waals surface area contributed by atoms with E-state index in [0.717, 1.165) is 25.7 Å². The maximum atomic E-state index is 12.7. The molecule has 0 aromatic carbocycles. The first-order valence-corrected chi connectivity index (χ1v) is 9.68. The molecule has 0 aliphatic rings. The summed E-state index contributed by atoms with van der Waals surface area (Å²) in [6, 6.07) is 0. The van der Waals surface area contributed by atoms with Crippen molar-refractivity contribution in [2.45, 2.75) is 87.0 Å². The van der Waals surface area contributed by atoms with Crippen LogP contribution in [-0.2, 0) is 19.1 Å². The zero-order valence-electron chi connectivity index (χ0n) is 17.4. The summed E-state index contributed by atoms with van der Waals surface area (Å²) in [5.74, 6) is -0.479. The summed E-state index contributed by atoms with van der Waals surface area (Å²) in [4.78, 5) is 25.3. The third kappa shape index (κ3) is 11.0. The van der Waals surface area contributed by atoms with Crippen LogP contribution < -0.4 is 0 Å². The molecule has 0 spiro atoms. The van der Waals surface area contributed by atoms with Gasteiger partial charge in [0.25, 0.3) is 0 Å². The highest BCUT2D eigenvalue weighted by Crippen LogP contribution is 2.30. The topological polar surface area (TPSA) is 52.6 Å². The van der Waals surface area contributed by atoms with Crippen LogP contribution in [-0.4, -0.2) is 25.2 Å². The highest BCUT2D eigenvalue weighted by Gasteiger charge is 2.27. The molecule has 0 atom stereocenters. The van der Waals surface area contributed by atoms with Crippen molar-refractivity contribution >= 4 is 11.9 Å². The van der Waals surface area contributed by atoms with E-state index in [0.29, 0.717) is 37.2 Å². The second-order valence-corrected chi connectivity index (χ2v) is 8.27. The molecule has 0 bridgehead atoms. The van der Waals surface area contributed by atoms with Gasteiger partial charge in [-0.1, -0.05) is 61.3 Å². The Morgan fingerprint density at radius 3 is 1.64 bits per heavy atom. The van der Waals surface area contributed by atoms with Crippen molar-refractivity contribution in [2.24, 2.45) is 11.3 Å². The molecule has 0 saturated carbocycles. The van der Waals surface area contributed by atoms with Crippen LogP contribution in [0.4, 0.5) is 0 Å². The van der Waals surface area contributed by atoms with E-state index in [-0.39, 0.29) is 23.3 Å². The van der Waals surface area contributed by atoms with Gasteiger partial charge in [-0.2, -0.15) is 0 Å². The fourth-order valence-electron chi connectivity index (χ4n) is 2.36. The van der Waals surface area contributed by atoms with Crippen LogP contribution in [0.5, 0.6) is 0 Å². The Labute approximate surface area is 154 Å². The molecule has 25 heavy (non-hydrogen) atoms. The molecule has 4 heteroatoms. The second-order valence-electron chi connectivity index (χ2n) is 8.27. The first kappa shape index (κ1) is 23.7. The van der Waals surface area contributed by atoms with Crippen LogP contribution in [0, 0.1) is 11.3 Å². The van der Waals surface area contributed by atoms with Gasteiger partial charge in [0.05, 0.1) is 13.2 Å². The highest BCUT2D eigenvalue weighted by atomic mass is 16.5. The van der Waals surface area contributed by atoms with Gasteiger partial charge in [-0.15, -0.1) is 0 Å². The lowest BCUT2D eigenvalue weighted by atomic mass is 9.84. The predicted octanol–water partition coefficient (Wildman–Crippen LogP) is 5.45. The summed E-state index contributed by atoms with van der Waals surface area (Å²) in [5.41, 5.74) is 0.853. The Balaban J connectivity index is 5.61. The van der Waals surface area contributed by atoms with E-state index in [1.165, 1.54) is 0 Å². The van der Waals surface area contributed by atoms with Gasteiger partial charge in [-0.3, -0.25) is 0 Å². The average Bonchev–Trinajstić information content (AvgIpc) is 2.49. The summed E-state index contributed by atoms with van der Waals surface area (Å²) < 4.78 is 10.8. The van der Waals surface area contributed by atoms with Gasteiger partial charge in [-0.05, 0) is 37.0 Å². The maximum absolute atomic E-state index is 12.7. The minimum atomic E-state index is -0.369. The second kappa shape index (κ2) is 12.1. The van der Waals surface area contributed by atoms with Crippen molar-refractivity contribution < 1.29 is 19.1 Å².